The highest BCUT2D eigenvalue weighted by Crippen LogP contribution is 2.14. The van der Waals surface area contributed by atoms with Crippen LogP contribution in [0.4, 0.5) is 9.59 Å². The van der Waals surface area contributed by atoms with Crippen LogP contribution in [0.3, 0.4) is 0 Å². The molecule has 0 saturated heterocycles. The third kappa shape index (κ3) is 8.50. The predicted octanol–water partition coefficient (Wildman–Crippen LogP) is 4.49. The van der Waals surface area contributed by atoms with Gasteiger partial charge >= 0.3 is 12.2 Å². The molecule has 1 aromatic carbocycles. The van der Waals surface area contributed by atoms with Crippen LogP contribution in [0.5, 0.6) is 0 Å². The summed E-state index contributed by atoms with van der Waals surface area (Å²) in [5.41, 5.74) is -0.641. The van der Waals surface area contributed by atoms with Crippen molar-refractivity contribution in [3.05, 3.63) is 33.4 Å². The second kappa shape index (κ2) is 8.70. The number of halogens is 1. The van der Waals surface area contributed by atoms with Gasteiger partial charge < -0.3 is 9.47 Å². The monoisotopic (exact) mass is 475 g/mol. The number of nitrogens with zero attached hydrogens (tertiary/aromatic N) is 1. The molecule has 7 nitrogen and oxygen atoms in total. The molecule has 0 unspecified atom stereocenters. The first-order valence-electron chi connectivity index (χ1n) is 8.10. The van der Waals surface area contributed by atoms with Crippen molar-refractivity contribution >= 4 is 40.7 Å². The van der Waals surface area contributed by atoms with Crippen molar-refractivity contribution in [2.45, 2.75) is 59.3 Å². The van der Waals surface area contributed by atoms with E-state index in [4.69, 9.17) is 14.9 Å². The van der Waals surface area contributed by atoms with Crippen molar-refractivity contribution < 1.29 is 19.1 Å². The molecule has 2 amide bonds. The molecule has 0 bridgehead atoms. The fraction of sp³-hybridized carbons (Fsp3) is 0.500. The van der Waals surface area contributed by atoms with Crippen molar-refractivity contribution in [3.8, 4) is 0 Å². The van der Waals surface area contributed by atoms with E-state index < -0.39 is 29.3 Å². The van der Waals surface area contributed by atoms with Crippen molar-refractivity contribution in [1.29, 1.82) is 5.41 Å². The number of benzene rings is 1. The maximum absolute atomic E-state index is 12.5. The maximum atomic E-state index is 12.5. The van der Waals surface area contributed by atoms with Gasteiger partial charge in [0.05, 0.1) is 6.54 Å². The Morgan fingerprint density at radius 2 is 1.54 bits per heavy atom. The highest BCUT2D eigenvalue weighted by Gasteiger charge is 2.27. The summed E-state index contributed by atoms with van der Waals surface area (Å²) in [5, 5.41) is 10.4. The first kappa shape index (κ1) is 22.2. The first-order chi connectivity index (χ1) is 11.8. The third-order valence-corrected chi connectivity index (χ3v) is 3.48. The third-order valence-electron chi connectivity index (χ3n) is 2.76. The van der Waals surface area contributed by atoms with Gasteiger partial charge in [-0.1, -0.05) is 12.1 Å². The summed E-state index contributed by atoms with van der Waals surface area (Å²) < 4.78 is 11.5. The minimum absolute atomic E-state index is 0.0838. The Kier molecular flexibility index (Phi) is 7.43. The number of rotatable bonds is 2. The zero-order valence-corrected chi connectivity index (χ0v) is 18.1. The van der Waals surface area contributed by atoms with Gasteiger partial charge in [-0.25, -0.2) is 14.5 Å². The Labute approximate surface area is 168 Å². The average molecular weight is 475 g/mol. The number of nitrogens with one attached hydrogen (secondary N) is 2. The molecule has 2 N–H and O–H groups in total. The number of guanidine groups is 1. The Morgan fingerprint density at radius 1 is 1.04 bits per heavy atom. The molecule has 1 aromatic rings. The van der Waals surface area contributed by atoms with E-state index in [1.165, 1.54) is 0 Å². The molecule has 0 atom stereocenters. The second-order valence-corrected chi connectivity index (χ2v) is 8.91. The molecule has 144 valence electrons. The maximum Gasteiger partial charge on any atom is 0.417 e. The lowest BCUT2D eigenvalue weighted by atomic mass is 10.2. The SMILES string of the molecule is CC(C)(C)OC(=O)NC(=N)N(Cc1ccc(I)cc1)C(=O)OC(C)(C)C. The first-order valence-corrected chi connectivity index (χ1v) is 9.18. The van der Waals surface area contributed by atoms with Gasteiger partial charge in [0.25, 0.3) is 0 Å². The quantitative estimate of drug-likeness (QED) is 0.375. The van der Waals surface area contributed by atoms with E-state index in [-0.39, 0.29) is 6.54 Å². The lowest BCUT2D eigenvalue weighted by Crippen LogP contribution is -2.49. The fourth-order valence-electron chi connectivity index (χ4n) is 1.79. The molecule has 0 aliphatic carbocycles. The highest BCUT2D eigenvalue weighted by atomic mass is 127. The zero-order valence-electron chi connectivity index (χ0n) is 16.0. The smallest absolute Gasteiger partial charge is 0.417 e. The normalized spacial score (nSPS) is 11.5. The minimum atomic E-state index is -0.807. The van der Waals surface area contributed by atoms with E-state index in [0.717, 1.165) is 14.0 Å². The van der Waals surface area contributed by atoms with Crippen molar-refractivity contribution in [2.24, 2.45) is 0 Å². The van der Waals surface area contributed by atoms with Crippen LogP contribution < -0.4 is 5.32 Å². The van der Waals surface area contributed by atoms with Crippen LogP contribution in [0.2, 0.25) is 0 Å². The molecule has 0 fully saturated rings. The molecule has 0 aromatic heterocycles. The van der Waals surface area contributed by atoms with Crippen LogP contribution in [0.1, 0.15) is 47.1 Å². The van der Waals surface area contributed by atoms with Gasteiger partial charge in [0.15, 0.2) is 0 Å². The Bertz CT molecular complexity index is 660. The van der Waals surface area contributed by atoms with Crippen LogP contribution in [0, 0.1) is 8.98 Å². The molecule has 0 aliphatic rings. The molecule has 0 spiro atoms. The summed E-state index contributed by atoms with van der Waals surface area (Å²) in [5.74, 6) is -0.410. The molecule has 1 rings (SSSR count). The standard InChI is InChI=1S/C18H26IN3O4/c1-17(2,3)25-15(23)21-14(20)22(16(24)26-18(4,5)6)11-12-7-9-13(19)10-8-12/h7-10H,11H2,1-6H3,(H2,20,21,23). The largest absolute Gasteiger partial charge is 0.444 e. The van der Waals surface area contributed by atoms with E-state index in [1.807, 2.05) is 24.3 Å². The van der Waals surface area contributed by atoms with Crippen LogP contribution in [0.25, 0.3) is 0 Å². The van der Waals surface area contributed by atoms with Gasteiger partial charge in [0, 0.05) is 3.57 Å². The molecule has 8 heteroatoms. The molecular weight excluding hydrogens is 449 g/mol. The van der Waals surface area contributed by atoms with E-state index in [0.29, 0.717) is 0 Å². The van der Waals surface area contributed by atoms with Crippen LogP contribution >= 0.6 is 22.6 Å². The number of amides is 2. The topological polar surface area (TPSA) is 91.7 Å². The number of hydrogen-bond acceptors (Lipinski definition) is 5. The van der Waals surface area contributed by atoms with Gasteiger partial charge in [-0.2, -0.15) is 0 Å². The molecule has 0 saturated carbocycles. The molecule has 0 radical (unpaired) electrons. The zero-order chi connectivity index (χ0) is 20.1. The predicted molar refractivity (Wildman–Crippen MR) is 108 cm³/mol. The van der Waals surface area contributed by atoms with E-state index in [1.54, 1.807) is 41.5 Å². The summed E-state index contributed by atoms with van der Waals surface area (Å²) in [6, 6.07) is 7.49. The van der Waals surface area contributed by atoms with Crippen molar-refractivity contribution in [3.63, 3.8) is 0 Å². The lowest BCUT2D eigenvalue weighted by molar-refractivity contribution is 0.0346. The molecule has 0 aliphatic heterocycles. The van der Waals surface area contributed by atoms with E-state index in [2.05, 4.69) is 27.9 Å². The fourth-order valence-corrected chi connectivity index (χ4v) is 2.15. The summed E-state index contributed by atoms with van der Waals surface area (Å²) >= 11 is 2.18. The summed E-state index contributed by atoms with van der Waals surface area (Å²) in [7, 11) is 0. The average Bonchev–Trinajstić information content (AvgIpc) is 2.42. The summed E-state index contributed by atoms with van der Waals surface area (Å²) in [6.07, 6.45) is -1.53. The van der Waals surface area contributed by atoms with Crippen molar-refractivity contribution in [1.82, 2.24) is 10.2 Å². The minimum Gasteiger partial charge on any atom is -0.444 e. The molecule has 0 heterocycles. The number of hydrogen-bond donors (Lipinski definition) is 2. The summed E-state index contributed by atoms with van der Waals surface area (Å²) in [6.45, 7) is 10.4. The van der Waals surface area contributed by atoms with Crippen LogP contribution in [-0.2, 0) is 16.0 Å². The van der Waals surface area contributed by atoms with Crippen LogP contribution in [0.15, 0.2) is 24.3 Å². The Morgan fingerprint density at radius 3 is 2.00 bits per heavy atom. The van der Waals surface area contributed by atoms with Gasteiger partial charge in [-0.05, 0) is 81.8 Å². The number of alkyl carbamates (subject to hydrolysis) is 1. The number of carbonyl (C=O) groups is 2. The molecular formula is C18H26IN3O4. The van der Waals surface area contributed by atoms with Crippen LogP contribution in [-0.4, -0.2) is 34.2 Å². The summed E-state index contributed by atoms with van der Waals surface area (Å²) in [4.78, 5) is 25.5. The van der Waals surface area contributed by atoms with Gasteiger partial charge in [-0.3, -0.25) is 10.7 Å². The van der Waals surface area contributed by atoms with Gasteiger partial charge in [0.1, 0.15) is 11.2 Å². The van der Waals surface area contributed by atoms with Crippen molar-refractivity contribution in [2.75, 3.05) is 0 Å². The lowest BCUT2D eigenvalue weighted by Gasteiger charge is -2.28. The van der Waals surface area contributed by atoms with Gasteiger partial charge in [0.2, 0.25) is 5.96 Å². The Balaban J connectivity index is 2.95. The van der Waals surface area contributed by atoms with E-state index >= 15 is 0 Å². The molecule has 26 heavy (non-hydrogen) atoms. The van der Waals surface area contributed by atoms with Gasteiger partial charge in [-0.15, -0.1) is 0 Å². The highest BCUT2D eigenvalue weighted by molar-refractivity contribution is 14.1. The van der Waals surface area contributed by atoms with E-state index in [9.17, 15) is 9.59 Å². The number of carbonyl (C=O) groups excluding carboxylic acids is 2. The Hall–Kier alpha value is -1.84. The second-order valence-electron chi connectivity index (χ2n) is 7.67. The number of ether oxygens (including phenoxy) is 2.